The zero-order valence-electron chi connectivity index (χ0n) is 11.2. The van der Waals surface area contributed by atoms with Gasteiger partial charge in [-0.1, -0.05) is 12.1 Å². The number of H-pyrrole nitrogens is 1. The normalized spacial score (nSPS) is 11.1. The topological polar surface area (TPSA) is 44.3 Å². The van der Waals surface area contributed by atoms with Gasteiger partial charge in [-0.25, -0.2) is 0 Å². The molecular formula is C14H18N4. The van der Waals surface area contributed by atoms with Crippen LogP contribution in [0, 0.1) is 13.8 Å². The molecule has 1 aromatic heterocycles. The Hall–Kier alpha value is -2.10. The van der Waals surface area contributed by atoms with E-state index in [4.69, 9.17) is 0 Å². The van der Waals surface area contributed by atoms with E-state index in [0.717, 1.165) is 22.6 Å². The molecule has 4 nitrogen and oxygen atoms in total. The van der Waals surface area contributed by atoms with Gasteiger partial charge in [0.25, 0.3) is 0 Å². The Bertz CT molecular complexity index is 530. The Labute approximate surface area is 107 Å². The molecule has 0 fully saturated rings. The highest BCUT2D eigenvalue weighted by molar-refractivity contribution is 5.83. The van der Waals surface area contributed by atoms with Gasteiger partial charge in [0, 0.05) is 26.0 Å². The Balaban J connectivity index is 2.19. The second-order valence-corrected chi connectivity index (χ2v) is 4.53. The summed E-state index contributed by atoms with van der Waals surface area (Å²) < 4.78 is 0. The van der Waals surface area contributed by atoms with Crippen molar-refractivity contribution in [3.05, 3.63) is 41.2 Å². The van der Waals surface area contributed by atoms with Crippen molar-refractivity contribution in [2.75, 3.05) is 19.0 Å². The van der Waals surface area contributed by atoms with Crippen LogP contribution in [0.2, 0.25) is 0 Å². The molecule has 0 spiro atoms. The van der Waals surface area contributed by atoms with E-state index in [9.17, 15) is 0 Å². The molecule has 2 aromatic rings. The molecule has 1 aromatic carbocycles. The molecule has 18 heavy (non-hydrogen) atoms. The molecule has 94 valence electrons. The number of nitrogens with one attached hydrogen (secondary N) is 1. The van der Waals surface area contributed by atoms with Crippen LogP contribution in [0.15, 0.2) is 29.3 Å². The molecule has 0 amide bonds. The molecule has 0 saturated carbocycles. The van der Waals surface area contributed by atoms with Crippen molar-refractivity contribution < 1.29 is 0 Å². The molecule has 2 rings (SSSR count). The summed E-state index contributed by atoms with van der Waals surface area (Å²) in [6.07, 6.45) is 1.87. The van der Waals surface area contributed by atoms with Crippen LogP contribution in [0.5, 0.6) is 0 Å². The van der Waals surface area contributed by atoms with Crippen molar-refractivity contribution in [1.29, 1.82) is 0 Å². The van der Waals surface area contributed by atoms with Crippen LogP contribution in [0.1, 0.15) is 17.0 Å². The summed E-state index contributed by atoms with van der Waals surface area (Å²) in [5.41, 5.74) is 5.11. The van der Waals surface area contributed by atoms with Crippen molar-refractivity contribution in [2.45, 2.75) is 13.8 Å². The van der Waals surface area contributed by atoms with E-state index in [2.05, 4.69) is 44.4 Å². The van der Waals surface area contributed by atoms with Crippen LogP contribution >= 0.6 is 0 Å². The van der Waals surface area contributed by atoms with Gasteiger partial charge in [-0.3, -0.25) is 10.1 Å². The molecule has 1 heterocycles. The molecule has 4 heteroatoms. The highest BCUT2D eigenvalue weighted by Gasteiger charge is 2.03. The molecule has 1 N–H and O–H groups in total. The van der Waals surface area contributed by atoms with Crippen LogP contribution in [0.4, 0.5) is 11.4 Å². The molecule has 0 unspecified atom stereocenters. The first-order valence-electron chi connectivity index (χ1n) is 5.91. The smallest absolute Gasteiger partial charge is 0.106 e. The summed E-state index contributed by atoms with van der Waals surface area (Å²) in [4.78, 5) is 6.55. The average Bonchev–Trinajstić information content (AvgIpc) is 2.67. The number of aryl methyl sites for hydroxylation is 2. The fourth-order valence-electron chi connectivity index (χ4n) is 1.73. The van der Waals surface area contributed by atoms with Gasteiger partial charge in [-0.15, -0.1) is 0 Å². The van der Waals surface area contributed by atoms with Crippen molar-refractivity contribution in [3.63, 3.8) is 0 Å². The van der Waals surface area contributed by atoms with Gasteiger partial charge in [0.1, 0.15) is 5.69 Å². The zero-order valence-corrected chi connectivity index (χ0v) is 11.2. The van der Waals surface area contributed by atoms with Gasteiger partial charge in [-0.05, 0) is 31.5 Å². The number of aromatic amines is 1. The summed E-state index contributed by atoms with van der Waals surface area (Å²) in [6, 6.07) is 8.28. The van der Waals surface area contributed by atoms with Gasteiger partial charge in [0.05, 0.1) is 11.4 Å². The summed E-state index contributed by atoms with van der Waals surface area (Å²) in [7, 11) is 4.06. The van der Waals surface area contributed by atoms with Gasteiger partial charge >= 0.3 is 0 Å². The fraction of sp³-hybridized carbons (Fsp3) is 0.286. The highest BCUT2D eigenvalue weighted by atomic mass is 15.1. The second kappa shape index (κ2) is 5.04. The van der Waals surface area contributed by atoms with E-state index < -0.39 is 0 Å². The lowest BCUT2D eigenvalue weighted by atomic mass is 10.2. The van der Waals surface area contributed by atoms with Crippen molar-refractivity contribution in [1.82, 2.24) is 10.2 Å². The Morgan fingerprint density at radius 2 is 1.83 bits per heavy atom. The summed E-state index contributed by atoms with van der Waals surface area (Å²) in [5, 5.41) is 7.05. The van der Waals surface area contributed by atoms with Crippen LogP contribution in [-0.2, 0) is 0 Å². The number of benzene rings is 1. The van der Waals surface area contributed by atoms with Gasteiger partial charge in [0.15, 0.2) is 0 Å². The number of hydrogen-bond donors (Lipinski definition) is 1. The maximum absolute atomic E-state index is 4.48. The van der Waals surface area contributed by atoms with Crippen LogP contribution < -0.4 is 4.90 Å². The lowest BCUT2D eigenvalue weighted by Gasteiger charge is -2.11. The maximum atomic E-state index is 4.48. The third kappa shape index (κ3) is 2.59. The highest BCUT2D eigenvalue weighted by Crippen LogP contribution is 2.20. The SMILES string of the molecule is Cc1n[nH]c(C)c1N=Cc1ccc(N(C)C)cc1. The van der Waals surface area contributed by atoms with E-state index in [1.165, 1.54) is 5.69 Å². The van der Waals surface area contributed by atoms with E-state index in [0.29, 0.717) is 0 Å². The average molecular weight is 242 g/mol. The van der Waals surface area contributed by atoms with Crippen LogP contribution in [-0.4, -0.2) is 30.5 Å². The molecule has 0 aliphatic heterocycles. The third-order valence-electron chi connectivity index (χ3n) is 2.84. The van der Waals surface area contributed by atoms with E-state index in [1.807, 2.05) is 34.2 Å². The minimum atomic E-state index is 0.923. The number of anilines is 1. The summed E-state index contributed by atoms with van der Waals surface area (Å²) >= 11 is 0. The molecule has 0 bridgehead atoms. The molecular weight excluding hydrogens is 224 g/mol. The summed E-state index contributed by atoms with van der Waals surface area (Å²) in [5.74, 6) is 0. The molecule has 0 aliphatic carbocycles. The maximum Gasteiger partial charge on any atom is 0.106 e. The molecule has 0 saturated heterocycles. The fourth-order valence-corrected chi connectivity index (χ4v) is 1.73. The Kier molecular flexibility index (Phi) is 3.46. The first-order chi connectivity index (χ1) is 8.58. The first-order valence-corrected chi connectivity index (χ1v) is 5.91. The lowest BCUT2D eigenvalue weighted by molar-refractivity contribution is 1.02. The standard InChI is InChI=1S/C14H18N4/c1-10-14(11(2)17-16-10)15-9-12-5-7-13(8-6-12)18(3)4/h5-9H,1-4H3,(H,16,17). The minimum absolute atomic E-state index is 0.923. The van der Waals surface area contributed by atoms with Gasteiger partial charge in [-0.2, -0.15) is 5.10 Å². The Morgan fingerprint density at radius 1 is 1.17 bits per heavy atom. The van der Waals surface area contributed by atoms with Crippen molar-refractivity contribution in [3.8, 4) is 0 Å². The molecule has 0 radical (unpaired) electrons. The van der Waals surface area contributed by atoms with Crippen molar-refractivity contribution in [2.24, 2.45) is 4.99 Å². The number of aromatic nitrogens is 2. The quantitative estimate of drug-likeness (QED) is 0.841. The third-order valence-corrected chi connectivity index (χ3v) is 2.84. The van der Waals surface area contributed by atoms with Crippen molar-refractivity contribution >= 4 is 17.6 Å². The number of nitrogens with zero attached hydrogens (tertiary/aromatic N) is 3. The zero-order chi connectivity index (χ0) is 13.1. The number of hydrogen-bond acceptors (Lipinski definition) is 3. The first kappa shape index (κ1) is 12.4. The van der Waals surface area contributed by atoms with E-state index in [-0.39, 0.29) is 0 Å². The van der Waals surface area contributed by atoms with Crippen LogP contribution in [0.25, 0.3) is 0 Å². The summed E-state index contributed by atoms with van der Waals surface area (Å²) in [6.45, 7) is 3.92. The molecule has 0 aliphatic rings. The van der Waals surface area contributed by atoms with Gasteiger partial charge in [0.2, 0.25) is 0 Å². The second-order valence-electron chi connectivity index (χ2n) is 4.53. The van der Waals surface area contributed by atoms with E-state index >= 15 is 0 Å². The lowest BCUT2D eigenvalue weighted by Crippen LogP contribution is -2.08. The Morgan fingerprint density at radius 3 is 2.33 bits per heavy atom. The van der Waals surface area contributed by atoms with E-state index in [1.54, 1.807) is 0 Å². The van der Waals surface area contributed by atoms with Crippen LogP contribution in [0.3, 0.4) is 0 Å². The number of aliphatic imine (C=N–C) groups is 1. The monoisotopic (exact) mass is 242 g/mol. The molecule has 0 atom stereocenters. The predicted octanol–water partition coefficient (Wildman–Crippen LogP) is 2.84. The predicted molar refractivity (Wildman–Crippen MR) is 76.1 cm³/mol. The van der Waals surface area contributed by atoms with Gasteiger partial charge < -0.3 is 4.90 Å². The minimum Gasteiger partial charge on any atom is -0.378 e. The largest absolute Gasteiger partial charge is 0.378 e. The number of rotatable bonds is 3.